The molecule has 0 spiro atoms. The van der Waals surface area contributed by atoms with E-state index in [1.165, 1.54) is 19.3 Å². The van der Waals surface area contributed by atoms with Crippen LogP contribution in [0.2, 0.25) is 0 Å². The highest BCUT2D eigenvalue weighted by molar-refractivity contribution is 6.40. The highest BCUT2D eigenvalue weighted by atomic mass is 16.5. The Morgan fingerprint density at radius 3 is 2.32 bits per heavy atom. The molecule has 2 aliphatic heterocycles. The Kier molecular flexibility index (Phi) is 3.54. The predicted octanol–water partition coefficient (Wildman–Crippen LogP) is 1.77. The number of likely N-dealkylation sites (tertiary alicyclic amines) is 1. The molecule has 2 nitrogen and oxygen atoms in total. The Bertz CT molecular complexity index is 333. The molecule has 2 saturated heterocycles. The van der Waals surface area contributed by atoms with Crippen molar-refractivity contribution in [3.05, 3.63) is 0 Å². The molecule has 102 valence electrons. The molecular weight excluding hydrogens is 232 g/mol. The van der Waals surface area contributed by atoms with Gasteiger partial charge in [0.05, 0.1) is 22.3 Å². The molecule has 0 N–H and O–H groups in total. The van der Waals surface area contributed by atoms with Gasteiger partial charge in [-0.2, -0.15) is 0 Å². The van der Waals surface area contributed by atoms with Crippen LogP contribution >= 0.6 is 0 Å². The van der Waals surface area contributed by atoms with Gasteiger partial charge in [-0.1, -0.05) is 20.3 Å². The molecule has 0 aromatic rings. The minimum Gasteiger partial charge on any atom is -0.381 e. The van der Waals surface area contributed by atoms with Gasteiger partial charge in [0, 0.05) is 19.7 Å². The number of hydrogen-bond acceptors (Lipinski definition) is 2. The van der Waals surface area contributed by atoms with E-state index in [4.69, 9.17) is 20.4 Å². The Hall–Kier alpha value is 0.0499. The minimum absolute atomic E-state index is 0.0689. The van der Waals surface area contributed by atoms with Crippen LogP contribution in [0.15, 0.2) is 0 Å². The van der Waals surface area contributed by atoms with Crippen LogP contribution in [0.5, 0.6) is 0 Å². The Labute approximate surface area is 120 Å². The van der Waals surface area contributed by atoms with Crippen LogP contribution in [-0.4, -0.2) is 52.2 Å². The van der Waals surface area contributed by atoms with Crippen LogP contribution < -0.4 is 0 Å². The van der Waals surface area contributed by atoms with E-state index in [9.17, 15) is 0 Å². The second kappa shape index (κ2) is 4.80. The smallest absolute Gasteiger partial charge is 0.0828 e. The number of fused-ring (bicyclic) bond motifs is 1. The van der Waals surface area contributed by atoms with Crippen molar-refractivity contribution < 1.29 is 4.74 Å². The zero-order valence-corrected chi connectivity index (χ0v) is 12.4. The van der Waals surface area contributed by atoms with Crippen molar-refractivity contribution in [3.8, 4) is 0 Å². The quantitative estimate of drug-likeness (QED) is 0.699. The predicted molar refractivity (Wildman–Crippen MR) is 79.4 cm³/mol. The molecule has 4 heteroatoms. The first-order valence-corrected chi connectivity index (χ1v) is 7.82. The zero-order valence-electron chi connectivity index (χ0n) is 12.4. The van der Waals surface area contributed by atoms with Crippen molar-refractivity contribution in [3.63, 3.8) is 0 Å². The van der Waals surface area contributed by atoms with Gasteiger partial charge in [0.1, 0.15) is 0 Å². The second-order valence-electron chi connectivity index (χ2n) is 7.63. The molecule has 4 radical (unpaired) electrons. The van der Waals surface area contributed by atoms with Gasteiger partial charge in [-0.3, -0.25) is 0 Å². The van der Waals surface area contributed by atoms with Gasteiger partial charge < -0.3 is 9.64 Å². The standard InChI is InChI=1S/C15H25B2NO/c1-14(2)10-19-7-6-13(14)15(16,17)18-8-11-4-3-5-12(11)9-18/h11-13H,3-10H2,1-2H3. The first-order valence-electron chi connectivity index (χ1n) is 7.82. The molecule has 2 heterocycles. The van der Waals surface area contributed by atoms with Gasteiger partial charge in [-0.05, 0) is 47.8 Å². The van der Waals surface area contributed by atoms with Crippen molar-refractivity contribution >= 4 is 15.7 Å². The summed E-state index contributed by atoms with van der Waals surface area (Å²) in [6.45, 7) is 8.25. The van der Waals surface area contributed by atoms with E-state index >= 15 is 0 Å². The van der Waals surface area contributed by atoms with Gasteiger partial charge in [0.2, 0.25) is 0 Å². The summed E-state index contributed by atoms with van der Waals surface area (Å²) in [4.78, 5) is 2.37. The molecule has 0 aromatic carbocycles. The fourth-order valence-corrected chi connectivity index (χ4v) is 4.66. The van der Waals surface area contributed by atoms with Crippen LogP contribution in [0, 0.1) is 23.2 Å². The highest BCUT2D eigenvalue weighted by Gasteiger charge is 2.48. The van der Waals surface area contributed by atoms with Gasteiger partial charge in [0.25, 0.3) is 0 Å². The van der Waals surface area contributed by atoms with E-state index in [2.05, 4.69) is 18.7 Å². The third-order valence-electron chi connectivity index (χ3n) is 5.80. The lowest BCUT2D eigenvalue weighted by molar-refractivity contribution is -0.0565. The third-order valence-corrected chi connectivity index (χ3v) is 5.80. The first kappa shape index (κ1) is 14.0. The third kappa shape index (κ3) is 2.40. The maximum absolute atomic E-state index is 6.62. The summed E-state index contributed by atoms with van der Waals surface area (Å²) in [5.41, 5.74) is 0.0689. The number of rotatable bonds is 2. The van der Waals surface area contributed by atoms with Crippen LogP contribution in [0.3, 0.4) is 0 Å². The molecular formula is C15H25B2NO. The van der Waals surface area contributed by atoms with Crippen LogP contribution in [0.4, 0.5) is 0 Å². The number of ether oxygens (including phenoxy) is 1. The molecule has 3 unspecified atom stereocenters. The van der Waals surface area contributed by atoms with Gasteiger partial charge in [0.15, 0.2) is 0 Å². The van der Waals surface area contributed by atoms with E-state index in [1.807, 2.05) is 0 Å². The SMILES string of the molecule is [B]C([B])(C1CCOCC1(C)C)N1CC2CCCC2C1. The minimum atomic E-state index is -0.669. The van der Waals surface area contributed by atoms with E-state index in [1.54, 1.807) is 0 Å². The summed E-state index contributed by atoms with van der Waals surface area (Å²) in [6.07, 6.45) is 5.11. The van der Waals surface area contributed by atoms with Crippen molar-refractivity contribution in [1.29, 1.82) is 0 Å². The monoisotopic (exact) mass is 257 g/mol. The van der Waals surface area contributed by atoms with E-state index in [-0.39, 0.29) is 5.41 Å². The maximum Gasteiger partial charge on any atom is 0.0828 e. The van der Waals surface area contributed by atoms with E-state index in [0.29, 0.717) is 5.92 Å². The number of nitrogens with zero attached hydrogens (tertiary/aromatic N) is 1. The van der Waals surface area contributed by atoms with Crippen molar-refractivity contribution in [2.45, 2.75) is 44.9 Å². The molecule has 19 heavy (non-hydrogen) atoms. The average Bonchev–Trinajstić information content (AvgIpc) is 2.87. The molecule has 3 rings (SSSR count). The lowest BCUT2D eigenvalue weighted by Gasteiger charge is -2.52. The van der Waals surface area contributed by atoms with Crippen molar-refractivity contribution in [2.75, 3.05) is 26.3 Å². The van der Waals surface area contributed by atoms with E-state index < -0.39 is 5.34 Å². The lowest BCUT2D eigenvalue weighted by Crippen LogP contribution is -2.60. The summed E-state index contributed by atoms with van der Waals surface area (Å²) >= 11 is 0. The summed E-state index contributed by atoms with van der Waals surface area (Å²) in [5, 5.41) is -0.669. The molecule has 0 aromatic heterocycles. The molecule has 0 amide bonds. The Morgan fingerprint density at radius 2 is 1.74 bits per heavy atom. The topological polar surface area (TPSA) is 12.5 Å². The molecule has 0 bridgehead atoms. The summed E-state index contributed by atoms with van der Waals surface area (Å²) < 4.78 is 5.62. The average molecular weight is 257 g/mol. The molecule has 3 atom stereocenters. The Morgan fingerprint density at radius 1 is 1.11 bits per heavy atom. The number of hydrogen-bond donors (Lipinski definition) is 0. The molecule has 1 saturated carbocycles. The molecule has 3 aliphatic rings. The van der Waals surface area contributed by atoms with Crippen molar-refractivity contribution in [1.82, 2.24) is 4.90 Å². The fraction of sp³-hybridized carbons (Fsp3) is 1.00. The zero-order chi connectivity index (χ0) is 13.7. The van der Waals surface area contributed by atoms with Gasteiger partial charge in [-0.25, -0.2) is 0 Å². The van der Waals surface area contributed by atoms with Crippen molar-refractivity contribution in [2.24, 2.45) is 23.2 Å². The van der Waals surface area contributed by atoms with Gasteiger partial charge >= 0.3 is 0 Å². The largest absolute Gasteiger partial charge is 0.381 e. The summed E-state index contributed by atoms with van der Waals surface area (Å²) in [5.74, 6) is 2.00. The van der Waals surface area contributed by atoms with E-state index in [0.717, 1.165) is 44.6 Å². The normalized spacial score (nSPS) is 39.4. The van der Waals surface area contributed by atoms with Crippen LogP contribution in [0.25, 0.3) is 0 Å². The fourth-order valence-electron chi connectivity index (χ4n) is 4.66. The molecule has 3 fully saturated rings. The second-order valence-corrected chi connectivity index (χ2v) is 7.63. The van der Waals surface area contributed by atoms with Gasteiger partial charge in [-0.15, -0.1) is 0 Å². The van der Waals surface area contributed by atoms with Crippen LogP contribution in [-0.2, 0) is 4.74 Å². The summed E-state index contributed by atoms with van der Waals surface area (Å²) in [7, 11) is 13.2. The van der Waals surface area contributed by atoms with Crippen LogP contribution in [0.1, 0.15) is 39.5 Å². The Balaban J connectivity index is 1.75. The lowest BCUT2D eigenvalue weighted by atomic mass is 9.47. The first-order chi connectivity index (χ1) is 8.91. The summed E-state index contributed by atoms with van der Waals surface area (Å²) in [6, 6.07) is 0. The molecule has 1 aliphatic carbocycles. The highest BCUT2D eigenvalue weighted by Crippen LogP contribution is 2.45. The maximum atomic E-state index is 6.62.